The zero-order valence-corrected chi connectivity index (χ0v) is 12.0. The molecule has 19 heavy (non-hydrogen) atoms. The minimum Gasteiger partial charge on any atom is -0.389 e. The van der Waals surface area contributed by atoms with Crippen molar-refractivity contribution in [1.82, 2.24) is 0 Å². The van der Waals surface area contributed by atoms with Gasteiger partial charge in [0.2, 0.25) is 0 Å². The van der Waals surface area contributed by atoms with Crippen LogP contribution < -0.4 is 0 Å². The Labute approximate surface area is 115 Å². The van der Waals surface area contributed by atoms with Crippen molar-refractivity contribution >= 4 is 0 Å². The average molecular weight is 254 g/mol. The molecule has 0 saturated heterocycles. The van der Waals surface area contributed by atoms with E-state index in [1.54, 1.807) is 0 Å². The number of benzene rings is 2. The van der Waals surface area contributed by atoms with Crippen molar-refractivity contribution in [3.63, 3.8) is 0 Å². The molecule has 0 saturated carbocycles. The maximum atomic E-state index is 10.7. The molecule has 0 aliphatic rings. The number of rotatable bonds is 4. The Balaban J connectivity index is 2.15. The Morgan fingerprint density at radius 3 is 1.53 bits per heavy atom. The normalized spacial score (nSPS) is 11.6. The van der Waals surface area contributed by atoms with Gasteiger partial charge in [-0.15, -0.1) is 0 Å². The molecule has 0 radical (unpaired) electrons. The Morgan fingerprint density at radius 1 is 0.789 bits per heavy atom. The van der Waals surface area contributed by atoms with Gasteiger partial charge in [-0.25, -0.2) is 0 Å². The van der Waals surface area contributed by atoms with E-state index in [2.05, 4.69) is 38.1 Å². The minimum atomic E-state index is -0.710. The first-order chi connectivity index (χ1) is 8.98. The van der Waals surface area contributed by atoms with Crippen LogP contribution in [0.4, 0.5) is 0 Å². The second kappa shape index (κ2) is 5.58. The minimum absolute atomic E-state index is 0.688. The fourth-order valence-corrected chi connectivity index (χ4v) is 2.50. The van der Waals surface area contributed by atoms with Crippen LogP contribution >= 0.6 is 0 Å². The first-order valence-corrected chi connectivity index (χ1v) is 6.79. The van der Waals surface area contributed by atoms with Crippen LogP contribution in [0.15, 0.2) is 48.5 Å². The predicted octanol–water partition coefficient (Wildman–Crippen LogP) is 3.84. The molecule has 2 aromatic rings. The van der Waals surface area contributed by atoms with Gasteiger partial charge in [0.15, 0.2) is 0 Å². The number of hydrogen-bond acceptors (Lipinski definition) is 1. The monoisotopic (exact) mass is 254 g/mol. The maximum absolute atomic E-state index is 10.7. The highest BCUT2D eigenvalue weighted by molar-refractivity contribution is 5.30. The van der Waals surface area contributed by atoms with Crippen molar-refractivity contribution in [2.45, 2.75) is 39.2 Å². The first kappa shape index (κ1) is 13.8. The molecule has 100 valence electrons. The summed E-state index contributed by atoms with van der Waals surface area (Å²) in [5, 5.41) is 10.7. The van der Waals surface area contributed by atoms with E-state index in [0.717, 1.165) is 0 Å². The van der Waals surface area contributed by atoms with Crippen molar-refractivity contribution in [2.24, 2.45) is 0 Å². The zero-order valence-electron chi connectivity index (χ0n) is 12.0. The molecule has 0 unspecified atom stereocenters. The highest BCUT2D eigenvalue weighted by atomic mass is 16.3. The van der Waals surface area contributed by atoms with Gasteiger partial charge in [0, 0.05) is 12.8 Å². The van der Waals surface area contributed by atoms with Crippen molar-refractivity contribution < 1.29 is 5.11 Å². The third-order valence-corrected chi connectivity index (χ3v) is 3.67. The molecule has 1 heteroatoms. The molecule has 1 nitrogen and oxygen atoms in total. The molecule has 0 amide bonds. The van der Waals surface area contributed by atoms with Crippen molar-refractivity contribution in [2.75, 3.05) is 0 Å². The van der Waals surface area contributed by atoms with Crippen molar-refractivity contribution in [3.8, 4) is 0 Å². The summed E-state index contributed by atoms with van der Waals surface area (Å²) in [4.78, 5) is 0. The van der Waals surface area contributed by atoms with Gasteiger partial charge in [0.25, 0.3) is 0 Å². The van der Waals surface area contributed by atoms with Crippen LogP contribution in [-0.2, 0) is 12.8 Å². The molecule has 2 rings (SSSR count). The standard InChI is InChI=1S/C18H22O/c1-14-8-4-6-10-16(14)12-18(3,19)13-17-11-7-5-9-15(17)2/h4-11,19H,12-13H2,1-3H3. The summed E-state index contributed by atoms with van der Waals surface area (Å²) in [6.45, 7) is 6.12. The summed E-state index contributed by atoms with van der Waals surface area (Å²) in [7, 11) is 0. The highest BCUT2D eigenvalue weighted by Gasteiger charge is 2.22. The van der Waals surface area contributed by atoms with Gasteiger partial charge in [-0.2, -0.15) is 0 Å². The molecular formula is C18H22O. The van der Waals surface area contributed by atoms with Gasteiger partial charge in [-0.3, -0.25) is 0 Å². The van der Waals surface area contributed by atoms with E-state index < -0.39 is 5.60 Å². The molecule has 0 aliphatic heterocycles. The van der Waals surface area contributed by atoms with E-state index in [0.29, 0.717) is 12.8 Å². The number of aliphatic hydroxyl groups is 1. The van der Waals surface area contributed by atoms with Gasteiger partial charge in [0.05, 0.1) is 5.60 Å². The Bertz CT molecular complexity index is 506. The summed E-state index contributed by atoms with van der Waals surface area (Å²) in [5.74, 6) is 0. The Kier molecular flexibility index (Phi) is 4.06. The van der Waals surface area contributed by atoms with E-state index in [1.165, 1.54) is 22.3 Å². The first-order valence-electron chi connectivity index (χ1n) is 6.79. The highest BCUT2D eigenvalue weighted by Crippen LogP contribution is 2.22. The van der Waals surface area contributed by atoms with Crippen molar-refractivity contribution in [3.05, 3.63) is 70.8 Å². The van der Waals surface area contributed by atoms with E-state index in [4.69, 9.17) is 0 Å². The summed E-state index contributed by atoms with van der Waals surface area (Å²) >= 11 is 0. The van der Waals surface area contributed by atoms with E-state index >= 15 is 0 Å². The third kappa shape index (κ3) is 3.68. The maximum Gasteiger partial charge on any atom is 0.0700 e. The lowest BCUT2D eigenvalue weighted by molar-refractivity contribution is 0.0605. The van der Waals surface area contributed by atoms with Crippen LogP contribution in [0.5, 0.6) is 0 Å². The topological polar surface area (TPSA) is 20.2 Å². The SMILES string of the molecule is Cc1ccccc1CC(C)(O)Cc1ccccc1C. The summed E-state index contributed by atoms with van der Waals surface area (Å²) in [5.41, 5.74) is 4.22. The fraction of sp³-hybridized carbons (Fsp3) is 0.333. The van der Waals surface area contributed by atoms with Crippen LogP contribution in [0.2, 0.25) is 0 Å². The zero-order chi connectivity index (χ0) is 13.9. The van der Waals surface area contributed by atoms with Crippen LogP contribution in [0, 0.1) is 13.8 Å². The lowest BCUT2D eigenvalue weighted by atomic mass is 9.87. The fourth-order valence-electron chi connectivity index (χ4n) is 2.50. The van der Waals surface area contributed by atoms with Gasteiger partial charge in [0.1, 0.15) is 0 Å². The lowest BCUT2D eigenvalue weighted by Gasteiger charge is -2.25. The van der Waals surface area contributed by atoms with Gasteiger partial charge < -0.3 is 5.11 Å². The molecule has 0 fully saturated rings. The van der Waals surface area contributed by atoms with Gasteiger partial charge >= 0.3 is 0 Å². The van der Waals surface area contributed by atoms with Crippen LogP contribution in [0.3, 0.4) is 0 Å². The molecule has 0 spiro atoms. The molecule has 1 N–H and O–H groups in total. The second-order valence-electron chi connectivity index (χ2n) is 5.70. The largest absolute Gasteiger partial charge is 0.389 e. The molecule has 0 heterocycles. The number of hydrogen-bond donors (Lipinski definition) is 1. The summed E-state index contributed by atoms with van der Waals surface area (Å²) < 4.78 is 0. The number of aryl methyl sites for hydroxylation is 2. The van der Waals surface area contributed by atoms with Crippen LogP contribution in [-0.4, -0.2) is 10.7 Å². The van der Waals surface area contributed by atoms with Crippen LogP contribution in [0.1, 0.15) is 29.2 Å². The average Bonchev–Trinajstić information content (AvgIpc) is 2.35. The quantitative estimate of drug-likeness (QED) is 0.879. The second-order valence-corrected chi connectivity index (χ2v) is 5.70. The summed E-state index contributed by atoms with van der Waals surface area (Å²) in [6.07, 6.45) is 1.38. The third-order valence-electron chi connectivity index (χ3n) is 3.67. The Hall–Kier alpha value is -1.60. The van der Waals surface area contributed by atoms with E-state index in [-0.39, 0.29) is 0 Å². The van der Waals surface area contributed by atoms with Crippen molar-refractivity contribution in [1.29, 1.82) is 0 Å². The van der Waals surface area contributed by atoms with E-state index in [1.807, 2.05) is 31.2 Å². The molecule has 0 bridgehead atoms. The van der Waals surface area contributed by atoms with Crippen LogP contribution in [0.25, 0.3) is 0 Å². The lowest BCUT2D eigenvalue weighted by Crippen LogP contribution is -2.30. The Morgan fingerprint density at radius 2 is 1.16 bits per heavy atom. The van der Waals surface area contributed by atoms with Gasteiger partial charge in [-0.1, -0.05) is 48.5 Å². The van der Waals surface area contributed by atoms with Gasteiger partial charge in [-0.05, 0) is 43.0 Å². The summed E-state index contributed by atoms with van der Waals surface area (Å²) in [6, 6.07) is 16.5. The molecule has 0 aliphatic carbocycles. The molecule has 2 aromatic carbocycles. The smallest absolute Gasteiger partial charge is 0.0700 e. The van der Waals surface area contributed by atoms with E-state index in [9.17, 15) is 5.11 Å². The predicted molar refractivity (Wildman–Crippen MR) is 80.4 cm³/mol. The molecular weight excluding hydrogens is 232 g/mol. The molecule has 0 aromatic heterocycles. The molecule has 0 atom stereocenters.